The lowest BCUT2D eigenvalue weighted by molar-refractivity contribution is 0.188. The number of nitrogens with zero attached hydrogens (tertiary/aromatic N) is 2. The van der Waals surface area contributed by atoms with E-state index in [1.54, 1.807) is 5.57 Å². The molecule has 0 aromatic carbocycles. The molecule has 14 heavy (non-hydrogen) atoms. The van der Waals surface area contributed by atoms with E-state index in [0.29, 0.717) is 0 Å². The van der Waals surface area contributed by atoms with Gasteiger partial charge in [-0.15, -0.1) is 0 Å². The molecular weight excluding hydrogens is 172 g/mol. The van der Waals surface area contributed by atoms with Crippen LogP contribution in [0.15, 0.2) is 23.4 Å². The van der Waals surface area contributed by atoms with E-state index in [9.17, 15) is 0 Å². The number of allylic oxidation sites excluding steroid dienone is 3. The van der Waals surface area contributed by atoms with Crippen LogP contribution in [-0.4, -0.2) is 43.0 Å². The second-order valence-corrected chi connectivity index (χ2v) is 4.40. The third-order valence-electron chi connectivity index (χ3n) is 3.24. The van der Waals surface area contributed by atoms with E-state index in [-0.39, 0.29) is 0 Å². The molecule has 0 atom stereocenters. The summed E-state index contributed by atoms with van der Waals surface area (Å²) in [6, 6.07) is 0. The van der Waals surface area contributed by atoms with E-state index in [2.05, 4.69) is 35.9 Å². The molecule has 0 saturated carbocycles. The highest BCUT2D eigenvalue weighted by Crippen LogP contribution is 2.22. The largest absolute Gasteiger partial charge is 0.369 e. The number of rotatable bonds is 1. The summed E-state index contributed by atoms with van der Waals surface area (Å²) in [5, 5.41) is 0. The quantitative estimate of drug-likeness (QED) is 0.625. The fraction of sp³-hybridized carbons (Fsp3) is 0.667. The van der Waals surface area contributed by atoms with E-state index >= 15 is 0 Å². The third-order valence-corrected chi connectivity index (χ3v) is 3.24. The number of hydrogen-bond acceptors (Lipinski definition) is 2. The Morgan fingerprint density at radius 2 is 1.86 bits per heavy atom. The monoisotopic (exact) mass is 192 g/mol. The Morgan fingerprint density at radius 1 is 1.14 bits per heavy atom. The predicted molar refractivity (Wildman–Crippen MR) is 60.1 cm³/mol. The first-order valence-electron chi connectivity index (χ1n) is 5.57. The first-order valence-corrected chi connectivity index (χ1v) is 5.57. The average molecular weight is 192 g/mol. The van der Waals surface area contributed by atoms with Crippen molar-refractivity contribution in [1.29, 1.82) is 0 Å². The molecule has 1 fully saturated rings. The van der Waals surface area contributed by atoms with Gasteiger partial charge >= 0.3 is 0 Å². The molecule has 0 bridgehead atoms. The van der Waals surface area contributed by atoms with E-state index in [0.717, 1.165) is 0 Å². The van der Waals surface area contributed by atoms with Gasteiger partial charge in [0, 0.05) is 31.9 Å². The van der Waals surface area contributed by atoms with Crippen molar-refractivity contribution < 1.29 is 0 Å². The summed E-state index contributed by atoms with van der Waals surface area (Å²) < 4.78 is 0. The van der Waals surface area contributed by atoms with Gasteiger partial charge in [0.05, 0.1) is 0 Å². The van der Waals surface area contributed by atoms with Crippen LogP contribution in [0.4, 0.5) is 0 Å². The molecule has 1 aliphatic carbocycles. The fourth-order valence-electron chi connectivity index (χ4n) is 2.19. The van der Waals surface area contributed by atoms with Gasteiger partial charge in [-0.25, -0.2) is 0 Å². The lowest BCUT2D eigenvalue weighted by Crippen LogP contribution is -2.43. The summed E-state index contributed by atoms with van der Waals surface area (Å²) in [7, 11) is 2.20. The van der Waals surface area contributed by atoms with Crippen molar-refractivity contribution in [2.75, 3.05) is 33.2 Å². The number of hydrogen-bond donors (Lipinski definition) is 0. The van der Waals surface area contributed by atoms with Crippen LogP contribution >= 0.6 is 0 Å². The van der Waals surface area contributed by atoms with Crippen molar-refractivity contribution in [3.63, 3.8) is 0 Å². The number of likely N-dealkylation sites (N-methyl/N-ethyl adjacent to an activating group) is 1. The summed E-state index contributed by atoms with van der Waals surface area (Å²) in [4.78, 5) is 4.93. The van der Waals surface area contributed by atoms with Crippen molar-refractivity contribution in [2.45, 2.75) is 19.8 Å². The van der Waals surface area contributed by atoms with Crippen molar-refractivity contribution >= 4 is 0 Å². The van der Waals surface area contributed by atoms with Crippen molar-refractivity contribution in [3.8, 4) is 0 Å². The van der Waals surface area contributed by atoms with Crippen LogP contribution in [0.5, 0.6) is 0 Å². The minimum atomic E-state index is 1.19. The van der Waals surface area contributed by atoms with Gasteiger partial charge in [-0.05, 0) is 38.5 Å². The zero-order chi connectivity index (χ0) is 9.97. The zero-order valence-corrected chi connectivity index (χ0v) is 9.29. The Bertz CT molecular complexity index is 257. The van der Waals surface area contributed by atoms with Gasteiger partial charge in [0.15, 0.2) is 0 Å². The van der Waals surface area contributed by atoms with Crippen LogP contribution in [0.25, 0.3) is 0 Å². The van der Waals surface area contributed by atoms with Crippen molar-refractivity contribution in [1.82, 2.24) is 9.80 Å². The van der Waals surface area contributed by atoms with Crippen LogP contribution < -0.4 is 0 Å². The minimum absolute atomic E-state index is 1.19. The second-order valence-electron chi connectivity index (χ2n) is 4.40. The molecule has 2 heteroatoms. The molecule has 0 aromatic heterocycles. The van der Waals surface area contributed by atoms with Gasteiger partial charge in [-0.2, -0.15) is 0 Å². The summed E-state index contributed by atoms with van der Waals surface area (Å²) in [6.45, 7) is 7.05. The molecule has 0 amide bonds. The van der Waals surface area contributed by atoms with Gasteiger partial charge in [-0.1, -0.05) is 6.08 Å². The second kappa shape index (κ2) is 4.18. The Kier molecular flexibility index (Phi) is 2.92. The maximum Gasteiger partial charge on any atom is 0.0353 e. The molecule has 0 aromatic rings. The van der Waals surface area contributed by atoms with Gasteiger partial charge in [0.2, 0.25) is 0 Å². The first-order chi connectivity index (χ1) is 6.77. The highest BCUT2D eigenvalue weighted by atomic mass is 15.2. The van der Waals surface area contributed by atoms with Gasteiger partial charge < -0.3 is 9.80 Å². The van der Waals surface area contributed by atoms with Crippen molar-refractivity contribution in [3.05, 3.63) is 23.4 Å². The van der Waals surface area contributed by atoms with Crippen LogP contribution in [0.1, 0.15) is 19.8 Å². The lowest BCUT2D eigenvalue weighted by atomic mass is 10.0. The molecular formula is C12H20N2. The molecule has 1 heterocycles. The van der Waals surface area contributed by atoms with Gasteiger partial charge in [-0.3, -0.25) is 0 Å². The summed E-state index contributed by atoms with van der Waals surface area (Å²) >= 11 is 0. The Hall–Kier alpha value is -0.760. The predicted octanol–water partition coefficient (Wildman–Crippen LogP) is 1.86. The maximum atomic E-state index is 2.53. The smallest absolute Gasteiger partial charge is 0.0353 e. The fourth-order valence-corrected chi connectivity index (χ4v) is 2.19. The zero-order valence-electron chi connectivity index (χ0n) is 9.29. The SMILES string of the molecule is CC1=C(N2CCN(C)CC2)C=CCC1. The van der Waals surface area contributed by atoms with E-state index in [1.165, 1.54) is 44.7 Å². The van der Waals surface area contributed by atoms with Crippen molar-refractivity contribution in [2.24, 2.45) is 0 Å². The summed E-state index contributed by atoms with van der Waals surface area (Å²) in [5.74, 6) is 0. The molecule has 0 radical (unpaired) electrons. The van der Waals surface area contributed by atoms with Gasteiger partial charge in [0.1, 0.15) is 0 Å². The summed E-state index contributed by atoms with van der Waals surface area (Å²) in [5.41, 5.74) is 3.06. The highest BCUT2D eigenvalue weighted by Gasteiger charge is 2.17. The molecule has 1 aliphatic heterocycles. The maximum absolute atomic E-state index is 2.53. The Balaban J connectivity index is 2.04. The third kappa shape index (κ3) is 2.01. The first kappa shape index (κ1) is 9.78. The average Bonchev–Trinajstić information content (AvgIpc) is 2.20. The topological polar surface area (TPSA) is 6.48 Å². The molecule has 0 unspecified atom stereocenters. The molecule has 2 nitrogen and oxygen atoms in total. The Labute approximate surface area is 86.9 Å². The number of piperazine rings is 1. The lowest BCUT2D eigenvalue weighted by Gasteiger charge is -2.36. The standard InChI is InChI=1S/C12H20N2/c1-11-5-3-4-6-12(11)14-9-7-13(2)8-10-14/h4,6H,3,5,7-10H2,1-2H3. The molecule has 2 rings (SSSR count). The minimum Gasteiger partial charge on any atom is -0.369 e. The van der Waals surface area contributed by atoms with E-state index in [1.807, 2.05) is 0 Å². The summed E-state index contributed by atoms with van der Waals surface area (Å²) in [6.07, 6.45) is 7.09. The van der Waals surface area contributed by atoms with Gasteiger partial charge in [0.25, 0.3) is 0 Å². The molecule has 2 aliphatic rings. The van der Waals surface area contributed by atoms with E-state index < -0.39 is 0 Å². The molecule has 0 N–H and O–H groups in total. The van der Waals surface area contributed by atoms with Crippen LogP contribution in [0.3, 0.4) is 0 Å². The normalized spacial score (nSPS) is 24.6. The van der Waals surface area contributed by atoms with Crippen LogP contribution in [-0.2, 0) is 0 Å². The Morgan fingerprint density at radius 3 is 2.50 bits per heavy atom. The molecule has 1 saturated heterocycles. The van der Waals surface area contributed by atoms with Crippen LogP contribution in [0, 0.1) is 0 Å². The van der Waals surface area contributed by atoms with Crippen LogP contribution in [0.2, 0.25) is 0 Å². The highest BCUT2D eigenvalue weighted by molar-refractivity contribution is 5.27. The molecule has 0 spiro atoms. The molecule has 78 valence electrons. The van der Waals surface area contributed by atoms with E-state index in [4.69, 9.17) is 0 Å².